The number of hydrogen-bond acceptors (Lipinski definition) is 3. The van der Waals surface area contributed by atoms with Crippen molar-refractivity contribution in [3.8, 4) is 0 Å². The molecule has 0 aliphatic carbocycles. The number of para-hydroxylation sites is 1. The maximum atomic E-state index is 13.1. The number of carbonyl (C=O) groups excluding carboxylic acids is 1. The largest absolute Gasteiger partial charge is 0.294 e. The van der Waals surface area contributed by atoms with E-state index in [1.54, 1.807) is 12.1 Å². The predicted octanol–water partition coefficient (Wildman–Crippen LogP) is 2.97. The minimum Gasteiger partial charge on any atom is -0.294 e. The molecule has 21 heavy (non-hydrogen) atoms. The minimum atomic E-state index is -4.12. The Morgan fingerprint density at radius 2 is 1.71 bits per heavy atom. The standard InChI is InChI=1S/C14H11F2NO3S/c1-9(18)11-4-2-3-5-14(11)17-21(19,20)10-6-7-12(15)13(16)8-10/h2-8,17H,1H3. The Labute approximate surface area is 120 Å². The Hall–Kier alpha value is -2.28. The monoisotopic (exact) mass is 311 g/mol. The van der Waals surface area contributed by atoms with Crippen molar-refractivity contribution in [3.05, 3.63) is 59.7 Å². The summed E-state index contributed by atoms with van der Waals surface area (Å²) in [7, 11) is -4.12. The molecule has 0 unspecified atom stereocenters. The number of carbonyl (C=O) groups is 1. The van der Waals surface area contributed by atoms with Crippen LogP contribution in [0.4, 0.5) is 14.5 Å². The minimum absolute atomic E-state index is 0.0785. The fraction of sp³-hybridized carbons (Fsp3) is 0.0714. The highest BCUT2D eigenvalue weighted by Gasteiger charge is 2.18. The molecule has 1 N–H and O–H groups in total. The van der Waals surface area contributed by atoms with E-state index in [2.05, 4.69) is 4.72 Å². The van der Waals surface area contributed by atoms with Crippen LogP contribution in [0.5, 0.6) is 0 Å². The first-order valence-electron chi connectivity index (χ1n) is 5.89. The number of benzene rings is 2. The van der Waals surface area contributed by atoms with E-state index >= 15 is 0 Å². The van der Waals surface area contributed by atoms with E-state index in [-0.39, 0.29) is 17.0 Å². The molecule has 0 fully saturated rings. The Bertz CT molecular complexity index is 804. The number of ketones is 1. The molecule has 0 atom stereocenters. The highest BCUT2D eigenvalue weighted by atomic mass is 32.2. The van der Waals surface area contributed by atoms with Crippen LogP contribution in [0.3, 0.4) is 0 Å². The van der Waals surface area contributed by atoms with Crippen LogP contribution in [0.15, 0.2) is 47.4 Å². The molecule has 0 bridgehead atoms. The van der Waals surface area contributed by atoms with Crippen molar-refractivity contribution in [1.29, 1.82) is 0 Å². The molecule has 0 saturated heterocycles. The summed E-state index contributed by atoms with van der Waals surface area (Å²) in [6, 6.07) is 8.26. The van der Waals surface area contributed by atoms with Crippen LogP contribution >= 0.6 is 0 Å². The lowest BCUT2D eigenvalue weighted by molar-refractivity contribution is 0.101. The zero-order chi connectivity index (χ0) is 15.6. The molecule has 0 saturated carbocycles. The third-order valence-corrected chi connectivity index (χ3v) is 4.12. The SMILES string of the molecule is CC(=O)c1ccccc1NS(=O)(=O)c1ccc(F)c(F)c1. The van der Waals surface area contributed by atoms with Gasteiger partial charge in [0, 0.05) is 5.56 Å². The number of halogens is 2. The number of rotatable bonds is 4. The smallest absolute Gasteiger partial charge is 0.262 e. The molecule has 0 amide bonds. The third-order valence-electron chi connectivity index (χ3n) is 2.75. The maximum Gasteiger partial charge on any atom is 0.262 e. The quantitative estimate of drug-likeness (QED) is 0.883. The number of sulfonamides is 1. The predicted molar refractivity (Wildman–Crippen MR) is 73.6 cm³/mol. The number of nitrogens with one attached hydrogen (secondary N) is 1. The van der Waals surface area contributed by atoms with Gasteiger partial charge >= 0.3 is 0 Å². The molecular formula is C14H11F2NO3S. The summed E-state index contributed by atoms with van der Waals surface area (Å²) in [4.78, 5) is 11.0. The number of anilines is 1. The van der Waals surface area contributed by atoms with Crippen LogP contribution in [0.25, 0.3) is 0 Å². The van der Waals surface area contributed by atoms with Gasteiger partial charge in [0.2, 0.25) is 0 Å². The molecule has 0 aliphatic rings. The second-order valence-corrected chi connectivity index (χ2v) is 5.97. The van der Waals surface area contributed by atoms with Gasteiger partial charge in [-0.05, 0) is 37.3 Å². The molecule has 7 heteroatoms. The van der Waals surface area contributed by atoms with E-state index in [1.165, 1.54) is 19.1 Å². The Balaban J connectivity index is 2.42. The van der Waals surface area contributed by atoms with E-state index in [4.69, 9.17) is 0 Å². The lowest BCUT2D eigenvalue weighted by Crippen LogP contribution is -2.15. The van der Waals surface area contributed by atoms with Crippen LogP contribution in [-0.4, -0.2) is 14.2 Å². The normalized spacial score (nSPS) is 11.2. The highest BCUT2D eigenvalue weighted by Crippen LogP contribution is 2.21. The Morgan fingerprint density at radius 3 is 2.33 bits per heavy atom. The van der Waals surface area contributed by atoms with Crippen molar-refractivity contribution >= 4 is 21.5 Å². The van der Waals surface area contributed by atoms with Gasteiger partial charge in [-0.3, -0.25) is 9.52 Å². The molecule has 2 rings (SSSR count). The van der Waals surface area contributed by atoms with Crippen molar-refractivity contribution in [1.82, 2.24) is 0 Å². The zero-order valence-electron chi connectivity index (χ0n) is 10.9. The van der Waals surface area contributed by atoms with Gasteiger partial charge in [-0.2, -0.15) is 0 Å². The average molecular weight is 311 g/mol. The molecule has 4 nitrogen and oxygen atoms in total. The molecule has 0 aromatic heterocycles. The van der Waals surface area contributed by atoms with Crippen molar-refractivity contribution in [2.24, 2.45) is 0 Å². The maximum absolute atomic E-state index is 13.1. The molecule has 2 aromatic rings. The number of Topliss-reactive ketones (excluding diaryl/α,β-unsaturated/α-hetero) is 1. The van der Waals surface area contributed by atoms with Crippen LogP contribution in [-0.2, 0) is 10.0 Å². The summed E-state index contributed by atoms with van der Waals surface area (Å²) in [6.45, 7) is 1.30. The average Bonchev–Trinajstić information content (AvgIpc) is 2.41. The van der Waals surface area contributed by atoms with Crippen LogP contribution in [0.1, 0.15) is 17.3 Å². The lowest BCUT2D eigenvalue weighted by atomic mass is 10.1. The van der Waals surface area contributed by atoms with E-state index in [9.17, 15) is 22.0 Å². The fourth-order valence-electron chi connectivity index (χ4n) is 1.73. The van der Waals surface area contributed by atoms with Crippen LogP contribution in [0, 0.1) is 11.6 Å². The Morgan fingerprint density at radius 1 is 1.05 bits per heavy atom. The number of hydrogen-bond donors (Lipinski definition) is 1. The van der Waals surface area contributed by atoms with Crippen LogP contribution < -0.4 is 4.72 Å². The first kappa shape index (κ1) is 15.1. The molecule has 0 heterocycles. The molecule has 0 aliphatic heterocycles. The van der Waals surface area contributed by atoms with Gasteiger partial charge in [-0.15, -0.1) is 0 Å². The van der Waals surface area contributed by atoms with E-state index < -0.39 is 26.6 Å². The van der Waals surface area contributed by atoms with Crippen molar-refractivity contribution in [2.45, 2.75) is 11.8 Å². The first-order valence-corrected chi connectivity index (χ1v) is 7.37. The zero-order valence-corrected chi connectivity index (χ0v) is 11.7. The lowest BCUT2D eigenvalue weighted by Gasteiger charge is -2.11. The Kier molecular flexibility index (Phi) is 4.04. The van der Waals surface area contributed by atoms with Crippen LogP contribution in [0.2, 0.25) is 0 Å². The highest BCUT2D eigenvalue weighted by molar-refractivity contribution is 7.92. The molecule has 2 aromatic carbocycles. The van der Waals surface area contributed by atoms with Gasteiger partial charge in [0.15, 0.2) is 17.4 Å². The fourth-order valence-corrected chi connectivity index (χ4v) is 2.82. The molecule has 110 valence electrons. The van der Waals surface area contributed by atoms with Gasteiger partial charge in [0.25, 0.3) is 10.0 Å². The van der Waals surface area contributed by atoms with Crippen molar-refractivity contribution in [3.63, 3.8) is 0 Å². The third kappa shape index (κ3) is 3.25. The summed E-state index contributed by atoms with van der Waals surface area (Å²) in [5.74, 6) is -2.73. The van der Waals surface area contributed by atoms with Gasteiger partial charge in [0.1, 0.15) is 0 Å². The topological polar surface area (TPSA) is 63.2 Å². The van der Waals surface area contributed by atoms with Gasteiger partial charge in [-0.25, -0.2) is 17.2 Å². The second-order valence-electron chi connectivity index (χ2n) is 4.28. The summed E-state index contributed by atoms with van der Waals surface area (Å²) in [5.41, 5.74) is 0.262. The molecular weight excluding hydrogens is 300 g/mol. The van der Waals surface area contributed by atoms with Gasteiger partial charge in [-0.1, -0.05) is 12.1 Å². The first-order chi connectivity index (χ1) is 9.81. The van der Waals surface area contributed by atoms with Crippen molar-refractivity contribution < 1.29 is 22.0 Å². The van der Waals surface area contributed by atoms with Gasteiger partial charge in [0.05, 0.1) is 10.6 Å². The molecule has 0 spiro atoms. The molecule has 0 radical (unpaired) electrons. The van der Waals surface area contributed by atoms with E-state index in [0.29, 0.717) is 6.07 Å². The van der Waals surface area contributed by atoms with E-state index in [0.717, 1.165) is 12.1 Å². The second kappa shape index (κ2) is 5.61. The summed E-state index contributed by atoms with van der Waals surface area (Å²) < 4.78 is 52.4. The summed E-state index contributed by atoms with van der Waals surface area (Å²) in [6.07, 6.45) is 0. The summed E-state index contributed by atoms with van der Waals surface area (Å²) in [5, 5.41) is 0. The summed E-state index contributed by atoms with van der Waals surface area (Å²) >= 11 is 0. The van der Waals surface area contributed by atoms with Gasteiger partial charge < -0.3 is 0 Å². The van der Waals surface area contributed by atoms with E-state index in [1.807, 2.05) is 0 Å². The van der Waals surface area contributed by atoms with Crippen molar-refractivity contribution in [2.75, 3.05) is 4.72 Å².